The fourth-order valence-corrected chi connectivity index (χ4v) is 9.27. The molecule has 0 radical (unpaired) electrons. The van der Waals surface area contributed by atoms with Crippen LogP contribution in [0.25, 0.3) is 43.1 Å². The molecule has 0 aromatic heterocycles. The van der Waals surface area contributed by atoms with Gasteiger partial charge in [-0.05, 0) is 60.7 Å². The number of benzene rings is 8. The second kappa shape index (κ2) is 10.9. The van der Waals surface area contributed by atoms with Gasteiger partial charge < -0.3 is 14.9 Å². The van der Waals surface area contributed by atoms with Gasteiger partial charge in [-0.1, -0.05) is 101 Å². The Morgan fingerprint density at radius 1 is 0.500 bits per heavy atom. The van der Waals surface area contributed by atoms with Crippen molar-refractivity contribution in [3.05, 3.63) is 146 Å². The van der Waals surface area contributed by atoms with Gasteiger partial charge in [-0.15, -0.1) is 0 Å². The molecular weight excluding hydrogens is 708 g/mol. The number of aliphatic hydroxyl groups is 1. The van der Waals surface area contributed by atoms with Gasteiger partial charge in [-0.25, -0.2) is 0 Å². The minimum Gasteiger partial charge on any atom is -0.369 e. The monoisotopic (exact) mass is 729 g/mol. The van der Waals surface area contributed by atoms with E-state index < -0.39 is 6.23 Å². The third-order valence-corrected chi connectivity index (χ3v) is 11.3. The number of carbonyl (C=O) groups excluding carboxylic acids is 1. The molecule has 50 heavy (non-hydrogen) atoms. The molecule has 1 amide bonds. The van der Waals surface area contributed by atoms with E-state index in [1.807, 2.05) is 66.7 Å². The molecule has 2 heterocycles. The zero-order valence-electron chi connectivity index (χ0n) is 26.0. The summed E-state index contributed by atoms with van der Waals surface area (Å²) in [5, 5.41) is 19.2. The van der Waals surface area contributed by atoms with Gasteiger partial charge >= 0.3 is 0 Å². The van der Waals surface area contributed by atoms with Gasteiger partial charge in [0.05, 0.1) is 28.1 Å². The summed E-state index contributed by atoms with van der Waals surface area (Å²) in [4.78, 5) is 20.1. The number of anilines is 5. The van der Waals surface area contributed by atoms with Gasteiger partial charge in [-0.3, -0.25) is 9.69 Å². The number of hydrogen-bond donors (Lipinski definition) is 1. The first kappa shape index (κ1) is 30.1. The van der Waals surface area contributed by atoms with Crippen LogP contribution in [-0.2, 0) is 0 Å². The quantitative estimate of drug-likeness (QED) is 0.145. The van der Waals surface area contributed by atoms with Crippen molar-refractivity contribution in [3.63, 3.8) is 0 Å². The van der Waals surface area contributed by atoms with E-state index in [1.165, 1.54) is 4.90 Å². The summed E-state index contributed by atoms with van der Waals surface area (Å²) in [5.74, 6) is -0.372. The number of fused-ring (bicyclic) bond motifs is 2. The number of amides is 1. The number of para-hydroxylation sites is 3. The summed E-state index contributed by atoms with van der Waals surface area (Å²) in [5.41, 5.74) is 5.26. The highest BCUT2D eigenvalue weighted by molar-refractivity contribution is 6.55. The number of carbonyl (C=O) groups is 1. The Kier molecular flexibility index (Phi) is 6.55. The summed E-state index contributed by atoms with van der Waals surface area (Å²) >= 11 is 29.3. The van der Waals surface area contributed by atoms with Gasteiger partial charge in [0, 0.05) is 81.3 Å². The van der Waals surface area contributed by atoms with E-state index in [0.717, 1.165) is 33.5 Å². The van der Waals surface area contributed by atoms with Gasteiger partial charge in [-0.2, -0.15) is 0 Å². The number of halogens is 4. The first-order valence-electron chi connectivity index (χ1n) is 16.0. The Labute approximate surface area is 306 Å². The van der Waals surface area contributed by atoms with Crippen LogP contribution in [0.1, 0.15) is 22.1 Å². The molecular formula is C41H23Cl4N3O2. The van der Waals surface area contributed by atoms with E-state index in [1.54, 1.807) is 24.3 Å². The van der Waals surface area contributed by atoms with Gasteiger partial charge in [0.15, 0.2) is 6.23 Å². The average molecular weight is 731 g/mol. The van der Waals surface area contributed by atoms with Crippen LogP contribution in [0.2, 0.25) is 20.1 Å². The van der Waals surface area contributed by atoms with Crippen LogP contribution in [0, 0.1) is 0 Å². The molecule has 0 saturated carbocycles. The van der Waals surface area contributed by atoms with E-state index in [9.17, 15) is 9.90 Å². The van der Waals surface area contributed by atoms with Crippen LogP contribution >= 0.6 is 46.4 Å². The van der Waals surface area contributed by atoms with Gasteiger partial charge in [0.2, 0.25) is 0 Å². The van der Waals surface area contributed by atoms with Gasteiger partial charge in [0.1, 0.15) is 0 Å². The molecule has 0 bridgehead atoms. The molecule has 8 aromatic carbocycles. The molecule has 9 heteroatoms. The summed E-state index contributed by atoms with van der Waals surface area (Å²) in [6.45, 7) is 0.514. The Bertz CT molecular complexity index is 2620. The van der Waals surface area contributed by atoms with Crippen molar-refractivity contribution in [1.29, 1.82) is 0 Å². The second-order valence-electron chi connectivity index (χ2n) is 12.7. The Balaban J connectivity index is 1.38. The van der Waals surface area contributed by atoms with Crippen molar-refractivity contribution in [2.75, 3.05) is 21.4 Å². The van der Waals surface area contributed by atoms with Crippen molar-refractivity contribution in [2.24, 2.45) is 0 Å². The lowest BCUT2D eigenvalue weighted by Crippen LogP contribution is -2.38. The van der Waals surface area contributed by atoms with Crippen molar-refractivity contribution < 1.29 is 9.90 Å². The number of nitrogens with zero attached hydrogens (tertiary/aromatic N) is 3. The van der Waals surface area contributed by atoms with Crippen LogP contribution in [0.15, 0.2) is 115 Å². The normalized spacial score (nSPS) is 15.7. The maximum atomic E-state index is 14.2. The molecule has 1 atom stereocenters. The van der Waals surface area contributed by atoms with Crippen LogP contribution < -0.4 is 14.7 Å². The number of aliphatic hydroxyl groups excluding tert-OH is 1. The molecule has 1 N–H and O–H groups in total. The standard InChI is InChI=1S/C41H23Cl4N3O2/c42-26-16-24-32-25(41(50)48(40(24)49)23-14-8-3-9-15-23)17-27(43)34-36-29(45)19-31-37-30(18-28(44)35(39(36)37)33(26)38(32)34)46(21-10-4-1-5-11-21)20-47(31)22-12-6-2-7-13-22/h1-19,40,49H,20H2/t40-/m1/s1. The molecule has 10 rings (SSSR count). The summed E-state index contributed by atoms with van der Waals surface area (Å²) in [7, 11) is 0. The van der Waals surface area contributed by atoms with Crippen molar-refractivity contribution in [1.82, 2.24) is 0 Å². The molecule has 2 aliphatic rings. The second-order valence-corrected chi connectivity index (χ2v) is 14.3. The molecule has 0 unspecified atom stereocenters. The third kappa shape index (κ3) is 3.98. The summed E-state index contributed by atoms with van der Waals surface area (Å²) < 4.78 is 0. The zero-order chi connectivity index (χ0) is 34.0. The van der Waals surface area contributed by atoms with E-state index in [0.29, 0.717) is 75.9 Å². The van der Waals surface area contributed by atoms with Crippen LogP contribution in [0.4, 0.5) is 28.4 Å². The highest BCUT2D eigenvalue weighted by Gasteiger charge is 2.38. The molecule has 0 spiro atoms. The topological polar surface area (TPSA) is 47.0 Å². The average Bonchev–Trinajstić information content (AvgIpc) is 3.13. The van der Waals surface area contributed by atoms with Crippen molar-refractivity contribution >= 4 is 124 Å². The molecule has 0 aliphatic carbocycles. The maximum absolute atomic E-state index is 14.2. The van der Waals surface area contributed by atoms with E-state index >= 15 is 0 Å². The number of hydrogen-bond acceptors (Lipinski definition) is 4. The maximum Gasteiger partial charge on any atom is 0.261 e. The van der Waals surface area contributed by atoms with Crippen LogP contribution in [0.5, 0.6) is 0 Å². The predicted octanol–water partition coefficient (Wildman–Crippen LogP) is 12.2. The summed E-state index contributed by atoms with van der Waals surface area (Å²) in [6.07, 6.45) is -1.29. The SMILES string of the molecule is O=C1c2cc(Cl)c3c4c(Cl)cc5c6c(cc(Cl)c(c7c(Cl)cc(c2c37)[C@@H](O)N1c1ccccc1)c64)N(c1ccccc1)CN5c1ccccc1. The minimum absolute atomic E-state index is 0.347. The minimum atomic E-state index is -1.29. The predicted molar refractivity (Wildman–Crippen MR) is 208 cm³/mol. The molecule has 8 aromatic rings. The lowest BCUT2D eigenvalue weighted by molar-refractivity contribution is 0.0879. The van der Waals surface area contributed by atoms with E-state index in [2.05, 4.69) is 34.1 Å². The first-order chi connectivity index (χ1) is 24.3. The van der Waals surface area contributed by atoms with Crippen LogP contribution in [0.3, 0.4) is 0 Å². The Morgan fingerprint density at radius 3 is 1.42 bits per heavy atom. The lowest BCUT2D eigenvalue weighted by Gasteiger charge is -2.40. The highest BCUT2D eigenvalue weighted by Crippen LogP contribution is 2.58. The molecule has 5 nitrogen and oxygen atoms in total. The molecule has 0 fully saturated rings. The smallest absolute Gasteiger partial charge is 0.261 e. The lowest BCUT2D eigenvalue weighted by atomic mass is 9.83. The largest absolute Gasteiger partial charge is 0.369 e. The Morgan fingerprint density at radius 2 is 0.920 bits per heavy atom. The van der Waals surface area contributed by atoms with Crippen molar-refractivity contribution in [3.8, 4) is 0 Å². The van der Waals surface area contributed by atoms with Crippen LogP contribution in [-0.4, -0.2) is 17.7 Å². The summed E-state index contributed by atoms with van der Waals surface area (Å²) in [6, 6.07) is 36.9. The fraction of sp³-hybridized carbons (Fsp3) is 0.0488. The molecule has 242 valence electrons. The first-order valence-corrected chi connectivity index (χ1v) is 17.5. The molecule has 2 aliphatic heterocycles. The zero-order valence-corrected chi connectivity index (χ0v) is 29.0. The Hall–Kier alpha value is -4.75. The third-order valence-electron chi connectivity index (χ3n) is 10.1. The van der Waals surface area contributed by atoms with Crippen molar-refractivity contribution in [2.45, 2.75) is 6.23 Å². The highest BCUT2D eigenvalue weighted by atomic mass is 35.5. The number of rotatable bonds is 3. The van der Waals surface area contributed by atoms with Gasteiger partial charge in [0.25, 0.3) is 5.91 Å². The molecule has 0 saturated heterocycles. The van der Waals surface area contributed by atoms with E-state index in [-0.39, 0.29) is 5.91 Å². The van der Waals surface area contributed by atoms with E-state index in [4.69, 9.17) is 46.4 Å². The fourth-order valence-electron chi connectivity index (χ4n) is 8.08.